The first-order chi connectivity index (χ1) is 16.0. The van der Waals surface area contributed by atoms with E-state index < -0.39 is 11.9 Å². The maximum Gasteiger partial charge on any atom is 0.343 e. The highest BCUT2D eigenvalue weighted by Crippen LogP contribution is 2.18. The fourth-order valence-corrected chi connectivity index (χ4v) is 2.79. The van der Waals surface area contributed by atoms with Gasteiger partial charge in [-0.25, -0.2) is 10.2 Å². The van der Waals surface area contributed by atoms with Crippen molar-refractivity contribution in [1.82, 2.24) is 5.43 Å². The number of hydrazone groups is 1. The molecule has 1 amide bonds. The molecule has 0 saturated heterocycles. The molecule has 3 aromatic carbocycles. The van der Waals surface area contributed by atoms with Crippen molar-refractivity contribution in [1.29, 1.82) is 0 Å². The maximum atomic E-state index is 12.3. The van der Waals surface area contributed by atoms with E-state index in [1.807, 2.05) is 6.92 Å². The molecule has 33 heavy (non-hydrogen) atoms. The van der Waals surface area contributed by atoms with E-state index >= 15 is 0 Å². The highest BCUT2D eigenvalue weighted by Gasteiger charge is 2.09. The Bertz CT molecular complexity index is 1100. The van der Waals surface area contributed by atoms with Crippen molar-refractivity contribution in [3.8, 4) is 17.2 Å². The number of carbonyl (C=O) groups is 2. The Kier molecular flexibility index (Phi) is 8.85. The molecule has 0 saturated carbocycles. The van der Waals surface area contributed by atoms with Crippen LogP contribution in [0.25, 0.3) is 0 Å². The molecule has 0 radical (unpaired) electrons. The number of nitrogens with zero attached hydrogens (tertiary/aromatic N) is 1. The Morgan fingerprint density at radius 3 is 2.36 bits per heavy atom. The molecule has 0 aromatic heterocycles. The van der Waals surface area contributed by atoms with Gasteiger partial charge in [-0.1, -0.05) is 24.6 Å². The van der Waals surface area contributed by atoms with Gasteiger partial charge in [0.25, 0.3) is 5.91 Å². The second-order valence-corrected chi connectivity index (χ2v) is 7.31. The molecule has 0 spiro atoms. The van der Waals surface area contributed by atoms with Gasteiger partial charge in [-0.3, -0.25) is 4.79 Å². The van der Waals surface area contributed by atoms with Crippen LogP contribution < -0.4 is 19.6 Å². The molecule has 0 bridgehead atoms. The Hall–Kier alpha value is -3.84. The minimum Gasteiger partial charge on any atom is -0.494 e. The Balaban J connectivity index is 1.45. The zero-order chi connectivity index (χ0) is 23.5. The fraction of sp³-hybridized carbons (Fsp3) is 0.160. The van der Waals surface area contributed by atoms with E-state index in [1.54, 1.807) is 72.8 Å². The minimum absolute atomic E-state index is 0.196. The smallest absolute Gasteiger partial charge is 0.343 e. The summed E-state index contributed by atoms with van der Waals surface area (Å²) in [6.07, 6.45) is 2.38. The van der Waals surface area contributed by atoms with Crippen LogP contribution in [0.4, 0.5) is 0 Å². The van der Waals surface area contributed by atoms with Gasteiger partial charge in [0.2, 0.25) is 0 Å². The van der Waals surface area contributed by atoms with Gasteiger partial charge in [0.05, 0.1) is 18.4 Å². The SMILES string of the molecule is CCCOc1ccc(C(=O)Oc2ccc(C=NNC(=O)COc3cccc(Cl)c3)cc2)cc1. The third-order valence-electron chi connectivity index (χ3n) is 4.22. The van der Waals surface area contributed by atoms with Crippen LogP contribution in [0.2, 0.25) is 5.02 Å². The van der Waals surface area contributed by atoms with Crippen LogP contribution in [0.15, 0.2) is 77.9 Å². The van der Waals surface area contributed by atoms with Crippen molar-refractivity contribution in [3.05, 3.63) is 88.9 Å². The van der Waals surface area contributed by atoms with Crippen LogP contribution in [-0.2, 0) is 4.79 Å². The van der Waals surface area contributed by atoms with E-state index in [9.17, 15) is 9.59 Å². The van der Waals surface area contributed by atoms with Gasteiger partial charge in [-0.2, -0.15) is 5.10 Å². The summed E-state index contributed by atoms with van der Waals surface area (Å²) in [4.78, 5) is 24.1. The maximum absolute atomic E-state index is 12.3. The average Bonchev–Trinajstić information content (AvgIpc) is 2.83. The number of hydrogen-bond donors (Lipinski definition) is 1. The molecule has 0 aliphatic carbocycles. The highest BCUT2D eigenvalue weighted by molar-refractivity contribution is 6.30. The van der Waals surface area contributed by atoms with Gasteiger partial charge in [-0.15, -0.1) is 0 Å². The summed E-state index contributed by atoms with van der Waals surface area (Å²) in [5.74, 6) is 0.712. The minimum atomic E-state index is -0.467. The zero-order valence-corrected chi connectivity index (χ0v) is 18.7. The first-order valence-electron chi connectivity index (χ1n) is 10.3. The van der Waals surface area contributed by atoms with E-state index in [-0.39, 0.29) is 6.61 Å². The number of benzene rings is 3. The molecular formula is C25H23ClN2O5. The van der Waals surface area contributed by atoms with Crippen LogP contribution in [0.5, 0.6) is 17.2 Å². The monoisotopic (exact) mass is 466 g/mol. The fourth-order valence-electron chi connectivity index (χ4n) is 2.61. The lowest BCUT2D eigenvalue weighted by molar-refractivity contribution is -0.123. The van der Waals surface area contributed by atoms with Crippen molar-refractivity contribution >= 4 is 29.7 Å². The molecule has 8 heteroatoms. The summed E-state index contributed by atoms with van der Waals surface area (Å²) in [7, 11) is 0. The highest BCUT2D eigenvalue weighted by atomic mass is 35.5. The van der Waals surface area contributed by atoms with Crippen molar-refractivity contribution in [3.63, 3.8) is 0 Å². The topological polar surface area (TPSA) is 86.2 Å². The largest absolute Gasteiger partial charge is 0.494 e. The second kappa shape index (κ2) is 12.3. The van der Waals surface area contributed by atoms with Gasteiger partial charge in [0.15, 0.2) is 6.61 Å². The molecule has 0 aliphatic heterocycles. The van der Waals surface area contributed by atoms with Gasteiger partial charge in [-0.05, 0) is 78.7 Å². The molecule has 0 aliphatic rings. The molecule has 7 nitrogen and oxygen atoms in total. The van der Waals surface area contributed by atoms with Crippen molar-refractivity contribution in [2.45, 2.75) is 13.3 Å². The molecular weight excluding hydrogens is 444 g/mol. The van der Waals surface area contributed by atoms with E-state index in [4.69, 9.17) is 25.8 Å². The summed E-state index contributed by atoms with van der Waals surface area (Å²) in [5.41, 5.74) is 3.51. The number of hydrogen-bond acceptors (Lipinski definition) is 6. The Morgan fingerprint density at radius 1 is 0.939 bits per heavy atom. The summed E-state index contributed by atoms with van der Waals surface area (Å²) in [6.45, 7) is 2.45. The lowest BCUT2D eigenvalue weighted by atomic mass is 10.2. The average molecular weight is 467 g/mol. The molecule has 170 valence electrons. The van der Waals surface area contributed by atoms with Crippen LogP contribution in [0.1, 0.15) is 29.3 Å². The predicted octanol–water partition coefficient (Wildman–Crippen LogP) is 4.88. The molecule has 1 N–H and O–H groups in total. The number of rotatable bonds is 10. The Morgan fingerprint density at radius 2 is 1.67 bits per heavy atom. The summed E-state index contributed by atoms with van der Waals surface area (Å²) < 4.78 is 16.2. The molecule has 3 rings (SSSR count). The van der Waals surface area contributed by atoms with E-state index in [1.165, 1.54) is 6.21 Å². The number of carbonyl (C=O) groups excluding carboxylic acids is 2. The molecule has 0 unspecified atom stereocenters. The first kappa shape index (κ1) is 23.8. The van der Waals surface area contributed by atoms with Crippen molar-refractivity contribution < 1.29 is 23.8 Å². The number of nitrogens with one attached hydrogen (secondary N) is 1. The third kappa shape index (κ3) is 7.97. The number of ether oxygens (including phenoxy) is 3. The van der Waals surface area contributed by atoms with Crippen LogP contribution >= 0.6 is 11.6 Å². The van der Waals surface area contributed by atoms with E-state index in [2.05, 4.69) is 10.5 Å². The quantitative estimate of drug-likeness (QED) is 0.199. The van der Waals surface area contributed by atoms with Crippen LogP contribution in [0.3, 0.4) is 0 Å². The third-order valence-corrected chi connectivity index (χ3v) is 4.46. The van der Waals surface area contributed by atoms with Gasteiger partial charge in [0.1, 0.15) is 17.2 Å². The lowest BCUT2D eigenvalue weighted by Gasteiger charge is -2.07. The van der Waals surface area contributed by atoms with Crippen LogP contribution in [-0.4, -0.2) is 31.3 Å². The first-order valence-corrected chi connectivity index (χ1v) is 10.7. The molecule has 0 fully saturated rings. The second-order valence-electron chi connectivity index (χ2n) is 6.87. The van der Waals surface area contributed by atoms with Crippen molar-refractivity contribution in [2.75, 3.05) is 13.2 Å². The summed E-state index contributed by atoms with van der Waals surface area (Å²) in [6, 6.07) is 20.3. The molecule has 0 heterocycles. The summed E-state index contributed by atoms with van der Waals surface area (Å²) in [5, 5.41) is 4.41. The van der Waals surface area contributed by atoms with Gasteiger partial charge >= 0.3 is 5.97 Å². The number of halogens is 1. The standard InChI is InChI=1S/C25H23ClN2O5/c1-2-14-31-21-12-8-19(9-13-21)25(30)33-22-10-6-18(7-11-22)16-27-28-24(29)17-32-23-5-3-4-20(26)15-23/h3-13,15-16H,2,14,17H2,1H3,(H,28,29). The number of amides is 1. The van der Waals surface area contributed by atoms with Gasteiger partial charge in [0, 0.05) is 5.02 Å². The normalized spacial score (nSPS) is 10.6. The molecule has 3 aromatic rings. The lowest BCUT2D eigenvalue weighted by Crippen LogP contribution is -2.24. The Labute approximate surface area is 196 Å². The zero-order valence-electron chi connectivity index (χ0n) is 18.0. The predicted molar refractivity (Wildman–Crippen MR) is 126 cm³/mol. The van der Waals surface area contributed by atoms with Crippen molar-refractivity contribution in [2.24, 2.45) is 5.10 Å². The summed E-state index contributed by atoms with van der Waals surface area (Å²) >= 11 is 5.87. The van der Waals surface area contributed by atoms with Crippen LogP contribution in [0, 0.1) is 0 Å². The van der Waals surface area contributed by atoms with Gasteiger partial charge < -0.3 is 14.2 Å². The van der Waals surface area contributed by atoms with E-state index in [0.29, 0.717) is 40.0 Å². The number of esters is 1. The van der Waals surface area contributed by atoms with E-state index in [0.717, 1.165) is 6.42 Å². The molecule has 0 atom stereocenters.